The minimum Gasteiger partial charge on any atom is -0.497 e. The number of benzene rings is 1. The van der Waals surface area contributed by atoms with E-state index in [9.17, 15) is 9.59 Å². The number of anilines is 1. The highest BCUT2D eigenvalue weighted by molar-refractivity contribution is 5.77. The second-order valence-corrected chi connectivity index (χ2v) is 6.56. The lowest BCUT2D eigenvalue weighted by Gasteiger charge is -2.41. The fourth-order valence-electron chi connectivity index (χ4n) is 3.36. The number of hydrogen-bond donors (Lipinski definition) is 0. The van der Waals surface area contributed by atoms with E-state index in [0.717, 1.165) is 24.5 Å². The van der Waals surface area contributed by atoms with Crippen molar-refractivity contribution in [3.05, 3.63) is 59.0 Å². The summed E-state index contributed by atoms with van der Waals surface area (Å²) in [7, 11) is 1.66. The fourth-order valence-corrected chi connectivity index (χ4v) is 3.36. The molecule has 1 fully saturated rings. The molecule has 1 saturated heterocycles. The minimum absolute atomic E-state index is 0.0716. The zero-order chi connectivity index (χ0) is 18.5. The maximum atomic E-state index is 12.6. The molecule has 138 valence electrons. The van der Waals surface area contributed by atoms with Gasteiger partial charge < -0.3 is 19.1 Å². The first kappa shape index (κ1) is 18.0. The van der Waals surface area contributed by atoms with Crippen molar-refractivity contribution in [2.45, 2.75) is 25.9 Å². The largest absolute Gasteiger partial charge is 0.497 e. The molecule has 6 heteroatoms. The highest BCUT2D eigenvalue weighted by Gasteiger charge is 2.27. The molecule has 6 nitrogen and oxygen atoms in total. The van der Waals surface area contributed by atoms with Crippen molar-refractivity contribution < 1.29 is 9.53 Å². The number of methoxy groups -OCH3 is 1. The number of hydrogen-bond acceptors (Lipinski definition) is 4. The number of rotatable bonds is 5. The van der Waals surface area contributed by atoms with E-state index >= 15 is 0 Å². The third-order valence-electron chi connectivity index (χ3n) is 4.85. The van der Waals surface area contributed by atoms with Gasteiger partial charge >= 0.3 is 0 Å². The van der Waals surface area contributed by atoms with Crippen molar-refractivity contribution in [1.82, 2.24) is 9.47 Å². The lowest BCUT2D eigenvalue weighted by molar-refractivity contribution is -0.133. The van der Waals surface area contributed by atoms with Gasteiger partial charge in [-0.05, 0) is 37.3 Å². The Morgan fingerprint density at radius 1 is 1.15 bits per heavy atom. The zero-order valence-electron chi connectivity index (χ0n) is 15.3. The molecule has 2 heterocycles. The van der Waals surface area contributed by atoms with Gasteiger partial charge in [-0.2, -0.15) is 0 Å². The van der Waals surface area contributed by atoms with E-state index < -0.39 is 0 Å². The van der Waals surface area contributed by atoms with E-state index in [0.29, 0.717) is 19.5 Å². The molecule has 0 saturated carbocycles. The Balaban J connectivity index is 1.56. The van der Waals surface area contributed by atoms with Crippen LogP contribution in [0.1, 0.15) is 13.3 Å². The van der Waals surface area contributed by atoms with Gasteiger partial charge in [0.05, 0.1) is 7.11 Å². The molecule has 0 spiro atoms. The smallest absolute Gasteiger partial charge is 0.250 e. The summed E-state index contributed by atoms with van der Waals surface area (Å²) in [6.45, 7) is 4.78. The summed E-state index contributed by atoms with van der Waals surface area (Å²) in [6.07, 6.45) is 2.07. The maximum absolute atomic E-state index is 12.6. The Morgan fingerprint density at radius 3 is 2.58 bits per heavy atom. The maximum Gasteiger partial charge on any atom is 0.250 e. The van der Waals surface area contributed by atoms with Gasteiger partial charge in [0, 0.05) is 56.6 Å². The number of carbonyl (C=O) groups is 1. The van der Waals surface area contributed by atoms with Gasteiger partial charge in [-0.1, -0.05) is 6.07 Å². The van der Waals surface area contributed by atoms with E-state index in [-0.39, 0.29) is 17.5 Å². The van der Waals surface area contributed by atoms with Gasteiger partial charge in [-0.15, -0.1) is 0 Å². The second kappa shape index (κ2) is 8.08. The molecule has 0 radical (unpaired) electrons. The van der Waals surface area contributed by atoms with E-state index in [1.807, 2.05) is 35.2 Å². The lowest BCUT2D eigenvalue weighted by Crippen LogP contribution is -2.54. The van der Waals surface area contributed by atoms with E-state index in [2.05, 4.69) is 11.8 Å². The summed E-state index contributed by atoms with van der Waals surface area (Å²) >= 11 is 0. The Bertz CT molecular complexity index is 800. The van der Waals surface area contributed by atoms with Crippen molar-refractivity contribution in [2.75, 3.05) is 31.6 Å². The van der Waals surface area contributed by atoms with E-state index in [1.165, 1.54) is 6.07 Å². The molecule has 0 bridgehead atoms. The molecule has 1 aliphatic rings. The number of pyridine rings is 1. The summed E-state index contributed by atoms with van der Waals surface area (Å²) < 4.78 is 6.78. The van der Waals surface area contributed by atoms with Crippen molar-refractivity contribution >= 4 is 11.6 Å². The number of aryl methyl sites for hydroxylation is 1. The Kier molecular flexibility index (Phi) is 5.61. The predicted octanol–water partition coefficient (Wildman–Crippen LogP) is 1.98. The number of amides is 1. The molecule has 1 aromatic heterocycles. The molecule has 3 rings (SSSR count). The van der Waals surface area contributed by atoms with Crippen LogP contribution >= 0.6 is 0 Å². The minimum atomic E-state index is -0.0716. The molecular weight excluding hydrogens is 330 g/mol. The Labute approximate surface area is 153 Å². The van der Waals surface area contributed by atoms with Crippen molar-refractivity contribution in [2.24, 2.45) is 0 Å². The molecule has 1 amide bonds. The highest BCUT2D eigenvalue weighted by Crippen LogP contribution is 2.22. The molecule has 1 aromatic carbocycles. The van der Waals surface area contributed by atoms with Crippen LogP contribution in [0.4, 0.5) is 5.69 Å². The summed E-state index contributed by atoms with van der Waals surface area (Å²) in [6, 6.07) is 13.2. The number of aromatic nitrogens is 1. The van der Waals surface area contributed by atoms with Crippen molar-refractivity contribution in [1.29, 1.82) is 0 Å². The molecular formula is C20H25N3O3. The lowest BCUT2D eigenvalue weighted by atomic mass is 10.1. The van der Waals surface area contributed by atoms with Crippen LogP contribution in [0.3, 0.4) is 0 Å². The molecule has 26 heavy (non-hydrogen) atoms. The van der Waals surface area contributed by atoms with Crippen LogP contribution in [0.15, 0.2) is 53.5 Å². The molecule has 1 atom stereocenters. The first-order valence-corrected chi connectivity index (χ1v) is 8.92. The fraction of sp³-hybridized carbons (Fsp3) is 0.400. The molecule has 2 aromatic rings. The van der Waals surface area contributed by atoms with Crippen molar-refractivity contribution in [3.63, 3.8) is 0 Å². The number of ether oxygens (including phenoxy) is 1. The van der Waals surface area contributed by atoms with Crippen LogP contribution in [0.5, 0.6) is 5.75 Å². The first-order chi connectivity index (χ1) is 12.6. The quantitative estimate of drug-likeness (QED) is 0.823. The third-order valence-corrected chi connectivity index (χ3v) is 4.85. The normalized spacial score (nSPS) is 17.2. The van der Waals surface area contributed by atoms with E-state index in [4.69, 9.17) is 4.74 Å². The zero-order valence-corrected chi connectivity index (χ0v) is 15.3. The third kappa shape index (κ3) is 4.07. The van der Waals surface area contributed by atoms with Crippen LogP contribution in [-0.2, 0) is 11.3 Å². The average Bonchev–Trinajstić information content (AvgIpc) is 2.67. The van der Waals surface area contributed by atoms with Gasteiger partial charge in [0.1, 0.15) is 5.75 Å². The SMILES string of the molecule is COc1ccc(N2CCN(C(=O)CCn3ccccc3=O)[C@@H](C)C2)cc1. The molecule has 1 aliphatic heterocycles. The predicted molar refractivity (Wildman–Crippen MR) is 102 cm³/mol. The summed E-state index contributed by atoms with van der Waals surface area (Å²) in [4.78, 5) is 28.5. The Hall–Kier alpha value is -2.76. The van der Waals surface area contributed by atoms with Gasteiger partial charge in [-0.25, -0.2) is 0 Å². The van der Waals surface area contributed by atoms with Gasteiger partial charge in [-0.3, -0.25) is 9.59 Å². The van der Waals surface area contributed by atoms with Gasteiger partial charge in [0.15, 0.2) is 0 Å². The van der Waals surface area contributed by atoms with Crippen molar-refractivity contribution in [3.8, 4) is 5.75 Å². The van der Waals surface area contributed by atoms with Crippen LogP contribution in [-0.4, -0.2) is 48.2 Å². The average molecular weight is 355 g/mol. The topological polar surface area (TPSA) is 54.8 Å². The second-order valence-electron chi connectivity index (χ2n) is 6.56. The number of nitrogens with zero attached hydrogens (tertiary/aromatic N) is 3. The van der Waals surface area contributed by atoms with Gasteiger partial charge in [0.2, 0.25) is 5.91 Å². The monoisotopic (exact) mass is 355 g/mol. The molecule has 0 N–H and O–H groups in total. The highest BCUT2D eigenvalue weighted by atomic mass is 16.5. The van der Waals surface area contributed by atoms with Gasteiger partial charge in [0.25, 0.3) is 5.56 Å². The molecule has 0 unspecified atom stereocenters. The number of carbonyl (C=O) groups excluding carboxylic acids is 1. The van der Waals surface area contributed by atoms with E-state index in [1.54, 1.807) is 23.9 Å². The van der Waals surface area contributed by atoms with Crippen LogP contribution in [0, 0.1) is 0 Å². The summed E-state index contributed by atoms with van der Waals surface area (Å²) in [5.74, 6) is 0.939. The summed E-state index contributed by atoms with van der Waals surface area (Å²) in [5.41, 5.74) is 1.07. The summed E-state index contributed by atoms with van der Waals surface area (Å²) in [5, 5.41) is 0. The Morgan fingerprint density at radius 2 is 1.92 bits per heavy atom. The molecule has 0 aliphatic carbocycles. The van der Waals surface area contributed by atoms with Crippen LogP contribution < -0.4 is 15.2 Å². The number of piperazine rings is 1. The van der Waals surface area contributed by atoms with Crippen LogP contribution in [0.2, 0.25) is 0 Å². The first-order valence-electron chi connectivity index (χ1n) is 8.92. The van der Waals surface area contributed by atoms with Crippen LogP contribution in [0.25, 0.3) is 0 Å². The standard InChI is InChI=1S/C20H25N3O3/c1-16-15-22(17-6-8-18(26-2)9-7-17)13-14-23(16)20(25)10-12-21-11-4-3-5-19(21)24/h3-9,11,16H,10,12-15H2,1-2H3/t16-/m0/s1.